The molecule has 0 heterocycles. The zero-order chi connectivity index (χ0) is 12.9. The highest BCUT2D eigenvalue weighted by atomic mass is 35.5. The van der Waals surface area contributed by atoms with Gasteiger partial charge in [0.1, 0.15) is 10.7 Å². The van der Waals surface area contributed by atoms with Crippen LogP contribution in [0, 0.1) is 5.82 Å². The molecular weight excluding hydrogens is 267 g/mol. The van der Waals surface area contributed by atoms with Crippen LogP contribution in [0.2, 0.25) is 5.02 Å². The van der Waals surface area contributed by atoms with Gasteiger partial charge < -0.3 is 5.32 Å². The molecule has 0 radical (unpaired) electrons. The first-order valence-electron chi connectivity index (χ1n) is 5.07. The van der Waals surface area contributed by atoms with Crippen LogP contribution in [0.25, 0.3) is 0 Å². The normalized spacial score (nSPS) is 11.7. The van der Waals surface area contributed by atoms with Gasteiger partial charge in [-0.3, -0.25) is 0 Å². The van der Waals surface area contributed by atoms with E-state index in [1.807, 2.05) is 0 Å². The molecule has 0 saturated carbocycles. The van der Waals surface area contributed by atoms with Crippen LogP contribution in [0.3, 0.4) is 0 Å². The minimum Gasteiger partial charge on any atom is -0.320 e. The van der Waals surface area contributed by atoms with Crippen molar-refractivity contribution in [3.05, 3.63) is 29.0 Å². The fourth-order valence-corrected chi connectivity index (χ4v) is 2.96. The highest BCUT2D eigenvalue weighted by Crippen LogP contribution is 2.23. The van der Waals surface area contributed by atoms with Crippen molar-refractivity contribution < 1.29 is 12.8 Å². The molecule has 0 aromatic heterocycles. The highest BCUT2D eigenvalue weighted by Gasteiger charge is 2.21. The lowest BCUT2D eigenvalue weighted by atomic mass is 10.3. The molecular formula is C10H14ClFN2O2S. The van der Waals surface area contributed by atoms with Crippen LogP contribution in [0.1, 0.15) is 6.42 Å². The zero-order valence-corrected chi connectivity index (χ0v) is 10.9. The van der Waals surface area contributed by atoms with Crippen LogP contribution in [0.4, 0.5) is 4.39 Å². The van der Waals surface area contributed by atoms with Gasteiger partial charge in [-0.05, 0) is 32.1 Å². The monoisotopic (exact) mass is 280 g/mol. The number of nitrogens with one attached hydrogen (secondary N) is 2. The van der Waals surface area contributed by atoms with E-state index in [0.717, 1.165) is 6.07 Å². The topological polar surface area (TPSA) is 58.2 Å². The average Bonchev–Trinajstić information content (AvgIpc) is 2.24. The van der Waals surface area contributed by atoms with Crippen molar-refractivity contribution >= 4 is 21.6 Å². The van der Waals surface area contributed by atoms with E-state index in [-0.39, 0.29) is 11.6 Å². The summed E-state index contributed by atoms with van der Waals surface area (Å²) in [5, 5.41) is 2.76. The van der Waals surface area contributed by atoms with E-state index in [9.17, 15) is 12.8 Å². The number of sulfonamides is 1. The van der Waals surface area contributed by atoms with E-state index in [1.54, 1.807) is 7.05 Å². The van der Waals surface area contributed by atoms with Crippen molar-refractivity contribution in [2.75, 3.05) is 20.1 Å². The molecule has 17 heavy (non-hydrogen) atoms. The molecule has 0 saturated heterocycles. The predicted octanol–water partition coefficient (Wildman–Crippen LogP) is 1.37. The van der Waals surface area contributed by atoms with Crippen molar-refractivity contribution in [1.82, 2.24) is 10.0 Å². The molecule has 0 aliphatic rings. The molecule has 7 heteroatoms. The van der Waals surface area contributed by atoms with Gasteiger partial charge in [0.15, 0.2) is 0 Å². The predicted molar refractivity (Wildman–Crippen MR) is 65.1 cm³/mol. The maximum absolute atomic E-state index is 13.4. The second-order valence-corrected chi connectivity index (χ2v) is 5.52. The molecule has 0 aliphatic carbocycles. The standard InChI is InChI=1S/C10H14ClFN2O2S/c1-13-6-3-7-14-17(15,16)10-8(11)4-2-5-9(10)12/h2,4-5,13-14H,3,6-7H2,1H3. The molecule has 96 valence electrons. The van der Waals surface area contributed by atoms with Gasteiger partial charge in [0.2, 0.25) is 10.0 Å². The third kappa shape index (κ3) is 3.92. The summed E-state index contributed by atoms with van der Waals surface area (Å²) in [7, 11) is -2.12. The Balaban J connectivity index is 2.83. The summed E-state index contributed by atoms with van der Waals surface area (Å²) in [6.45, 7) is 0.904. The Morgan fingerprint density at radius 2 is 2.06 bits per heavy atom. The van der Waals surface area contributed by atoms with E-state index >= 15 is 0 Å². The first-order chi connectivity index (χ1) is 7.99. The summed E-state index contributed by atoms with van der Waals surface area (Å²) < 4.78 is 39.3. The number of rotatable bonds is 6. The van der Waals surface area contributed by atoms with Crippen LogP contribution in [0.15, 0.2) is 23.1 Å². The van der Waals surface area contributed by atoms with Crippen LogP contribution in [-0.2, 0) is 10.0 Å². The van der Waals surface area contributed by atoms with Gasteiger partial charge in [-0.25, -0.2) is 17.5 Å². The van der Waals surface area contributed by atoms with Crippen molar-refractivity contribution in [2.24, 2.45) is 0 Å². The second-order valence-electron chi connectivity index (χ2n) is 3.41. The summed E-state index contributed by atoms with van der Waals surface area (Å²) in [6, 6.07) is 3.76. The fraction of sp³-hybridized carbons (Fsp3) is 0.400. The summed E-state index contributed by atoms with van der Waals surface area (Å²) in [5.41, 5.74) is 0. The van der Waals surface area contributed by atoms with Crippen molar-refractivity contribution in [3.8, 4) is 0 Å². The lowest BCUT2D eigenvalue weighted by Gasteiger charge is -2.08. The molecule has 1 aromatic rings. The molecule has 0 amide bonds. The average molecular weight is 281 g/mol. The van der Waals surface area contributed by atoms with Crippen molar-refractivity contribution in [3.63, 3.8) is 0 Å². The van der Waals surface area contributed by atoms with Gasteiger partial charge in [0.05, 0.1) is 5.02 Å². The van der Waals surface area contributed by atoms with E-state index in [1.165, 1.54) is 12.1 Å². The molecule has 0 bridgehead atoms. The smallest absolute Gasteiger partial charge is 0.244 e. The maximum Gasteiger partial charge on any atom is 0.244 e. The Bertz CT molecular complexity index is 459. The summed E-state index contributed by atoms with van der Waals surface area (Å²) >= 11 is 5.68. The molecule has 2 N–H and O–H groups in total. The van der Waals surface area contributed by atoms with E-state index in [2.05, 4.69) is 10.0 Å². The number of halogens is 2. The van der Waals surface area contributed by atoms with Crippen LogP contribution >= 0.6 is 11.6 Å². The molecule has 0 atom stereocenters. The lowest BCUT2D eigenvalue weighted by molar-refractivity contribution is 0.554. The van der Waals surface area contributed by atoms with Crippen LogP contribution in [0.5, 0.6) is 0 Å². The van der Waals surface area contributed by atoms with Gasteiger partial charge in [-0.1, -0.05) is 17.7 Å². The van der Waals surface area contributed by atoms with Gasteiger partial charge in [-0.15, -0.1) is 0 Å². The molecule has 1 aromatic carbocycles. The van der Waals surface area contributed by atoms with E-state index in [0.29, 0.717) is 13.0 Å². The lowest BCUT2D eigenvalue weighted by Crippen LogP contribution is -2.27. The number of hydrogen-bond donors (Lipinski definition) is 2. The first kappa shape index (κ1) is 14.4. The van der Waals surface area contributed by atoms with Gasteiger partial charge in [0.25, 0.3) is 0 Å². The Morgan fingerprint density at radius 1 is 1.35 bits per heavy atom. The Labute approximate surface area is 105 Å². The Hall–Kier alpha value is -0.690. The van der Waals surface area contributed by atoms with Crippen molar-refractivity contribution in [1.29, 1.82) is 0 Å². The van der Waals surface area contributed by atoms with E-state index < -0.39 is 20.7 Å². The Kier molecular flexibility index (Phi) is 5.32. The summed E-state index contributed by atoms with van der Waals surface area (Å²) in [5.74, 6) is -0.849. The number of hydrogen-bond acceptors (Lipinski definition) is 3. The fourth-order valence-electron chi connectivity index (χ4n) is 1.28. The summed E-state index contributed by atoms with van der Waals surface area (Å²) in [4.78, 5) is -0.494. The third-order valence-electron chi connectivity index (χ3n) is 2.08. The minimum absolute atomic E-state index is 0.119. The second kappa shape index (κ2) is 6.30. The van der Waals surface area contributed by atoms with Crippen molar-refractivity contribution in [2.45, 2.75) is 11.3 Å². The quantitative estimate of drug-likeness (QED) is 0.774. The molecule has 4 nitrogen and oxygen atoms in total. The minimum atomic E-state index is -3.89. The molecule has 0 aliphatic heterocycles. The number of benzene rings is 1. The highest BCUT2D eigenvalue weighted by molar-refractivity contribution is 7.89. The summed E-state index contributed by atoms with van der Waals surface area (Å²) in [6.07, 6.45) is 0.613. The zero-order valence-electron chi connectivity index (χ0n) is 9.33. The Morgan fingerprint density at radius 3 is 2.65 bits per heavy atom. The SMILES string of the molecule is CNCCCNS(=O)(=O)c1c(F)cccc1Cl. The van der Waals surface area contributed by atoms with Crippen LogP contribution < -0.4 is 10.0 Å². The van der Waals surface area contributed by atoms with Crippen LogP contribution in [-0.4, -0.2) is 28.6 Å². The maximum atomic E-state index is 13.4. The van der Waals surface area contributed by atoms with Gasteiger partial charge >= 0.3 is 0 Å². The molecule has 0 spiro atoms. The van der Waals surface area contributed by atoms with Gasteiger partial charge in [0, 0.05) is 6.54 Å². The van der Waals surface area contributed by atoms with E-state index in [4.69, 9.17) is 11.6 Å². The molecule has 0 fully saturated rings. The largest absolute Gasteiger partial charge is 0.320 e. The first-order valence-corrected chi connectivity index (χ1v) is 6.93. The molecule has 0 unspecified atom stereocenters. The van der Waals surface area contributed by atoms with Gasteiger partial charge in [-0.2, -0.15) is 0 Å². The molecule has 1 rings (SSSR count). The third-order valence-corrected chi connectivity index (χ3v) is 4.05.